The van der Waals surface area contributed by atoms with Gasteiger partial charge in [0.2, 0.25) is 47.3 Å². The molecule has 0 radical (unpaired) electrons. The zero-order valence-electron chi connectivity index (χ0n) is 41.0. The fourth-order valence-electron chi connectivity index (χ4n) is 6.58. The Morgan fingerprint density at radius 2 is 0.862 bits per heavy atom. The summed E-state index contributed by atoms with van der Waals surface area (Å²) in [6, 6.07) is -9.24. The molecule has 0 aromatic carbocycles. The van der Waals surface area contributed by atoms with Crippen LogP contribution in [0.4, 0.5) is 0 Å². The van der Waals surface area contributed by atoms with E-state index in [1.165, 1.54) is 18.7 Å². The lowest BCUT2D eigenvalue weighted by molar-refractivity contribution is -0.143. The number of hydrogen-bond acceptors (Lipinski definition) is 12. The molecule has 0 heterocycles. The lowest BCUT2D eigenvalue weighted by Gasteiger charge is -2.30. The molecule has 20 nitrogen and oxygen atoms in total. The molecule has 0 aliphatic heterocycles. The van der Waals surface area contributed by atoms with Crippen molar-refractivity contribution >= 4 is 65.0 Å². The largest absolute Gasteiger partial charge is 0.480 e. The summed E-state index contributed by atoms with van der Waals surface area (Å²) in [5.74, 6) is -7.93. The van der Waals surface area contributed by atoms with E-state index >= 15 is 0 Å². The maximum absolute atomic E-state index is 13.8. The second-order valence-corrected chi connectivity index (χ2v) is 20.0. The third-order valence-electron chi connectivity index (χ3n) is 10.2. The Bertz CT molecular complexity index is 1590. The van der Waals surface area contributed by atoms with Crippen LogP contribution in [0, 0.1) is 35.5 Å². The number of carboxylic acids is 1. The monoisotopic (exact) mass is 944 g/mol. The van der Waals surface area contributed by atoms with Crippen LogP contribution in [0.5, 0.6) is 0 Å². The van der Waals surface area contributed by atoms with Crippen LogP contribution in [-0.2, 0) is 43.2 Å². The molecule has 374 valence electrons. The van der Waals surface area contributed by atoms with Crippen LogP contribution < -0.4 is 48.3 Å². The number of carbonyl (C=O) groups excluding carboxylic acids is 8. The van der Waals surface area contributed by atoms with Gasteiger partial charge in [-0.3, -0.25) is 38.4 Å². The van der Waals surface area contributed by atoms with E-state index in [4.69, 9.17) is 5.73 Å². The third kappa shape index (κ3) is 23.0. The van der Waals surface area contributed by atoms with Crippen LogP contribution in [0.3, 0.4) is 0 Å². The molecule has 0 spiro atoms. The van der Waals surface area contributed by atoms with E-state index in [0.717, 1.165) is 0 Å². The summed E-state index contributed by atoms with van der Waals surface area (Å²) >= 11 is 1.40. The number of aliphatic hydroxyl groups is 1. The molecule has 8 amide bonds. The normalized spacial score (nSPS) is 15.8. The number of nitrogens with two attached hydrogens (primary N) is 1. The van der Waals surface area contributed by atoms with Gasteiger partial charge in [0.25, 0.3) is 0 Å². The van der Waals surface area contributed by atoms with Gasteiger partial charge in [0.15, 0.2) is 0 Å². The number of thioether (sulfide) groups is 1. The maximum atomic E-state index is 13.8. The van der Waals surface area contributed by atoms with Crippen molar-refractivity contribution in [2.75, 3.05) is 18.6 Å². The van der Waals surface area contributed by atoms with Crippen molar-refractivity contribution < 1.29 is 53.4 Å². The quantitative estimate of drug-likeness (QED) is 0.0458. The first-order chi connectivity index (χ1) is 30.0. The molecule has 21 heteroatoms. The molecular weight excluding hydrogens is 863 g/mol. The van der Waals surface area contributed by atoms with E-state index in [0.29, 0.717) is 12.2 Å². The lowest BCUT2D eigenvalue weighted by Crippen LogP contribution is -2.61. The topological polar surface area (TPSA) is 316 Å². The predicted molar refractivity (Wildman–Crippen MR) is 250 cm³/mol. The number of aliphatic carboxylic acids is 1. The first-order valence-corrected chi connectivity index (χ1v) is 24.0. The van der Waals surface area contributed by atoms with E-state index in [1.54, 1.807) is 61.6 Å². The van der Waals surface area contributed by atoms with Gasteiger partial charge in [0, 0.05) is 0 Å². The zero-order chi connectivity index (χ0) is 50.5. The summed E-state index contributed by atoms with van der Waals surface area (Å²) < 4.78 is 0. The van der Waals surface area contributed by atoms with Crippen LogP contribution >= 0.6 is 11.8 Å². The van der Waals surface area contributed by atoms with Gasteiger partial charge in [0.1, 0.15) is 42.3 Å². The number of nitrogens with one attached hydrogen (secondary N) is 8. The summed E-state index contributed by atoms with van der Waals surface area (Å²) in [5.41, 5.74) is 6.07. The molecule has 0 bridgehead atoms. The Morgan fingerprint density at radius 3 is 1.26 bits per heavy atom. The first-order valence-electron chi connectivity index (χ1n) is 22.6. The third-order valence-corrected chi connectivity index (χ3v) is 10.9. The molecule has 0 aliphatic rings. The van der Waals surface area contributed by atoms with Crippen LogP contribution in [0.2, 0.25) is 0 Å². The molecule has 0 aliphatic carbocycles. The molecule has 0 rings (SSSR count). The SMILES string of the molecule is CSCC[C@H](NC(=O)[C@@H](NC(=O)[C@@H](NC(=O)[C@H](CC(C)C)NC(=O)[C@@H](N)CC(C)C)C(C)C)C(C)C)C(=O)NCC(=O)N[C@H](C(=O)N[C@@H](CC(C)C)C(=O)N[C@H](C(=O)O)C(C)C)[C@@H](C)O. The predicted octanol–water partition coefficient (Wildman–Crippen LogP) is 0.148. The van der Waals surface area contributed by atoms with Crippen LogP contribution in [0.25, 0.3) is 0 Å². The van der Waals surface area contributed by atoms with E-state index in [1.807, 2.05) is 27.7 Å². The Morgan fingerprint density at radius 1 is 0.477 bits per heavy atom. The molecule has 0 saturated carbocycles. The Labute approximate surface area is 389 Å². The minimum absolute atomic E-state index is 0.00641. The molecule has 65 heavy (non-hydrogen) atoms. The molecule has 0 saturated heterocycles. The highest BCUT2D eigenvalue weighted by Gasteiger charge is 2.36. The Balaban J connectivity index is 6.01. The minimum Gasteiger partial charge on any atom is -0.480 e. The van der Waals surface area contributed by atoms with Gasteiger partial charge in [-0.1, -0.05) is 83.1 Å². The van der Waals surface area contributed by atoms with Crippen molar-refractivity contribution in [2.45, 2.75) is 170 Å². The number of aliphatic hydroxyl groups excluding tert-OH is 1. The van der Waals surface area contributed by atoms with Gasteiger partial charge in [-0.25, -0.2) is 4.79 Å². The number of carbonyl (C=O) groups is 9. The smallest absolute Gasteiger partial charge is 0.326 e. The maximum Gasteiger partial charge on any atom is 0.326 e. The standard InChI is InChI=1S/C44H81N9O11S/c1-21(2)17-28(45)37(56)48-30(18-22(3)4)39(58)51-34(25(9)10)42(61)52-33(24(7)8)41(60)47-29(15-16-65-14)38(57)46-20-32(55)50-36(27(13)54)43(62)49-31(19-23(5)6)40(59)53-35(26(11)12)44(63)64/h21-31,33-36,54H,15-20,45H2,1-14H3,(H,46,57)(H,47,60)(H,48,56)(H,49,62)(H,50,55)(H,51,58)(H,52,61)(H,53,59)(H,63,64)/t27-,28+,29+,30+,31+,33+,34+,35+,36+/m1/s1. The Kier molecular flexibility index (Phi) is 27.8. The van der Waals surface area contributed by atoms with Crippen molar-refractivity contribution in [1.29, 1.82) is 0 Å². The number of carboxylic acid groups (broad SMARTS) is 1. The zero-order valence-corrected chi connectivity index (χ0v) is 41.8. The van der Waals surface area contributed by atoms with Crippen molar-refractivity contribution in [3.63, 3.8) is 0 Å². The van der Waals surface area contributed by atoms with Gasteiger partial charge in [-0.05, 0) is 80.1 Å². The molecule has 12 N–H and O–H groups in total. The molecule has 0 unspecified atom stereocenters. The van der Waals surface area contributed by atoms with Gasteiger partial charge >= 0.3 is 5.97 Å². The fraction of sp³-hybridized carbons (Fsp3) is 0.795. The van der Waals surface area contributed by atoms with Crippen LogP contribution in [-0.4, -0.2) is 136 Å². The van der Waals surface area contributed by atoms with Crippen molar-refractivity contribution in [2.24, 2.45) is 41.2 Å². The van der Waals surface area contributed by atoms with E-state index in [9.17, 15) is 53.4 Å². The summed E-state index contributed by atoms with van der Waals surface area (Å²) in [4.78, 5) is 119. The average molecular weight is 944 g/mol. The lowest BCUT2D eigenvalue weighted by atomic mass is 9.97. The Hall–Kier alpha value is -4.50. The molecule has 0 aromatic heterocycles. The summed E-state index contributed by atoms with van der Waals surface area (Å²) in [7, 11) is 0. The molecular formula is C44H81N9O11S. The van der Waals surface area contributed by atoms with Gasteiger partial charge in [-0.2, -0.15) is 11.8 Å². The van der Waals surface area contributed by atoms with Gasteiger partial charge in [0.05, 0.1) is 18.7 Å². The van der Waals surface area contributed by atoms with Crippen molar-refractivity contribution in [1.82, 2.24) is 42.5 Å². The number of hydrogen-bond donors (Lipinski definition) is 11. The summed E-state index contributed by atoms with van der Waals surface area (Å²) in [5, 5.41) is 40.6. The van der Waals surface area contributed by atoms with Crippen molar-refractivity contribution in [3.05, 3.63) is 0 Å². The summed E-state index contributed by atoms with van der Waals surface area (Å²) in [6.45, 7) is 21.8. The van der Waals surface area contributed by atoms with E-state index in [-0.39, 0.29) is 37.0 Å². The second kappa shape index (κ2) is 29.9. The summed E-state index contributed by atoms with van der Waals surface area (Å²) in [6.07, 6.45) is 1.28. The molecule has 0 fully saturated rings. The highest BCUT2D eigenvalue weighted by atomic mass is 32.2. The van der Waals surface area contributed by atoms with E-state index < -0.39 is 132 Å². The molecule has 0 aromatic rings. The number of amides is 8. The average Bonchev–Trinajstić information content (AvgIpc) is 3.18. The van der Waals surface area contributed by atoms with Gasteiger partial charge < -0.3 is 58.5 Å². The van der Waals surface area contributed by atoms with E-state index in [2.05, 4.69) is 42.5 Å². The van der Waals surface area contributed by atoms with Crippen LogP contribution in [0.1, 0.15) is 116 Å². The number of rotatable bonds is 30. The van der Waals surface area contributed by atoms with Gasteiger partial charge in [-0.15, -0.1) is 0 Å². The fourth-order valence-corrected chi connectivity index (χ4v) is 7.05. The molecule has 9 atom stereocenters. The van der Waals surface area contributed by atoms with Crippen molar-refractivity contribution in [3.8, 4) is 0 Å². The van der Waals surface area contributed by atoms with Crippen LogP contribution in [0.15, 0.2) is 0 Å². The highest BCUT2D eigenvalue weighted by molar-refractivity contribution is 7.98. The first kappa shape index (κ1) is 60.5. The highest BCUT2D eigenvalue weighted by Crippen LogP contribution is 2.13. The minimum atomic E-state index is -1.57. The second-order valence-electron chi connectivity index (χ2n) is 19.0.